The lowest BCUT2D eigenvalue weighted by Gasteiger charge is -2.10. The third kappa shape index (κ3) is 2.07. The molecule has 2 aromatic carbocycles. The summed E-state index contributed by atoms with van der Waals surface area (Å²) in [6.45, 7) is 0. The first-order valence-electron chi connectivity index (χ1n) is 7.61. The predicted molar refractivity (Wildman–Crippen MR) is 92.7 cm³/mol. The first-order valence-corrected chi connectivity index (χ1v) is 7.61. The third-order valence-corrected chi connectivity index (χ3v) is 4.41. The van der Waals surface area contributed by atoms with Gasteiger partial charge in [-0.05, 0) is 17.5 Å². The molecule has 0 radical (unpaired) electrons. The first-order chi connectivity index (χ1) is 12.0. The Morgan fingerprint density at radius 1 is 0.880 bits per heavy atom. The van der Waals surface area contributed by atoms with Crippen LogP contribution in [0, 0.1) is 0 Å². The molecule has 0 aliphatic carbocycles. The highest BCUT2D eigenvalue weighted by atomic mass is 16.5. The van der Waals surface area contributed by atoms with Crippen molar-refractivity contribution in [1.82, 2.24) is 0 Å². The number of phenolic OH excluding ortho intramolecular Hbond substituents is 3. The maximum Gasteiger partial charge on any atom is 0.223 e. The monoisotopic (exact) mass is 338 g/mol. The number of methoxy groups -OCH3 is 2. The third-order valence-electron chi connectivity index (χ3n) is 4.41. The van der Waals surface area contributed by atoms with E-state index in [4.69, 9.17) is 9.47 Å². The van der Waals surface area contributed by atoms with Gasteiger partial charge in [-0.15, -0.1) is 0 Å². The molecule has 0 amide bonds. The van der Waals surface area contributed by atoms with Gasteiger partial charge >= 0.3 is 0 Å². The van der Waals surface area contributed by atoms with Gasteiger partial charge in [0.2, 0.25) is 5.52 Å². The number of pyridine rings is 2. The minimum atomic E-state index is -0.125. The molecule has 2 heterocycles. The lowest BCUT2D eigenvalue weighted by molar-refractivity contribution is -0.509. The number of hydrogen-bond donors (Lipinski definition) is 3. The summed E-state index contributed by atoms with van der Waals surface area (Å²) >= 11 is 0. The molecule has 0 saturated heterocycles. The zero-order chi connectivity index (χ0) is 17.7. The van der Waals surface area contributed by atoms with E-state index in [1.165, 1.54) is 20.3 Å². The van der Waals surface area contributed by atoms with Crippen LogP contribution in [0.1, 0.15) is 0 Å². The van der Waals surface area contributed by atoms with Gasteiger partial charge in [-0.25, -0.2) is 0 Å². The first kappa shape index (κ1) is 15.1. The molecule has 0 atom stereocenters. The predicted octanol–water partition coefficient (Wildman–Crippen LogP) is 2.87. The molecule has 0 bridgehead atoms. The van der Waals surface area contributed by atoms with E-state index < -0.39 is 0 Å². The second kappa shape index (κ2) is 5.31. The topological polar surface area (TPSA) is 83.2 Å². The Kier molecular flexibility index (Phi) is 3.21. The van der Waals surface area contributed by atoms with Gasteiger partial charge in [0.15, 0.2) is 35.4 Å². The molecule has 2 aromatic heterocycles. The Labute approximate surface area is 142 Å². The Hall–Kier alpha value is -3.41. The van der Waals surface area contributed by atoms with E-state index in [9.17, 15) is 15.3 Å². The van der Waals surface area contributed by atoms with Crippen molar-refractivity contribution >= 4 is 27.1 Å². The van der Waals surface area contributed by atoms with Crippen LogP contribution in [0.15, 0.2) is 42.7 Å². The van der Waals surface area contributed by atoms with Crippen LogP contribution >= 0.6 is 0 Å². The molecule has 6 heteroatoms. The fourth-order valence-corrected chi connectivity index (χ4v) is 3.24. The van der Waals surface area contributed by atoms with Gasteiger partial charge in [0.25, 0.3) is 0 Å². The number of benzene rings is 2. The molecular formula is C19H16NO5+. The lowest BCUT2D eigenvalue weighted by Crippen LogP contribution is -2.20. The summed E-state index contributed by atoms with van der Waals surface area (Å²) in [5.74, 6) is 0.571. The van der Waals surface area contributed by atoms with Gasteiger partial charge in [-0.3, -0.25) is 0 Å². The van der Waals surface area contributed by atoms with Gasteiger partial charge in [0, 0.05) is 23.6 Å². The SMILES string of the molecule is COc1ccc2cc3c4c(O)cc(O)c(OC)c4cc[n+]3cc2c1O. The van der Waals surface area contributed by atoms with Gasteiger partial charge in [0.05, 0.1) is 25.0 Å². The van der Waals surface area contributed by atoms with Gasteiger partial charge in [-0.1, -0.05) is 0 Å². The number of hydrogen-bond acceptors (Lipinski definition) is 5. The van der Waals surface area contributed by atoms with Crippen LogP contribution in [0.4, 0.5) is 0 Å². The van der Waals surface area contributed by atoms with Crippen LogP contribution < -0.4 is 13.9 Å². The van der Waals surface area contributed by atoms with Crippen LogP contribution in [0.5, 0.6) is 28.7 Å². The molecule has 0 aliphatic rings. The highest BCUT2D eigenvalue weighted by Crippen LogP contribution is 2.42. The summed E-state index contributed by atoms with van der Waals surface area (Å²) in [6, 6.07) is 8.38. The summed E-state index contributed by atoms with van der Waals surface area (Å²) in [7, 11) is 2.97. The Morgan fingerprint density at radius 3 is 2.40 bits per heavy atom. The average Bonchev–Trinajstić information content (AvgIpc) is 2.60. The molecule has 0 spiro atoms. The Morgan fingerprint density at radius 2 is 1.68 bits per heavy atom. The number of aromatic nitrogens is 1. The molecular weight excluding hydrogens is 322 g/mol. The number of nitrogens with zero attached hydrogens (tertiary/aromatic N) is 1. The second-order valence-electron chi connectivity index (χ2n) is 5.74. The fourth-order valence-electron chi connectivity index (χ4n) is 3.24. The van der Waals surface area contributed by atoms with Gasteiger partial charge < -0.3 is 24.8 Å². The van der Waals surface area contributed by atoms with Crippen molar-refractivity contribution < 1.29 is 29.2 Å². The number of fused-ring (bicyclic) bond motifs is 4. The summed E-state index contributed by atoms with van der Waals surface area (Å²) in [5.41, 5.74) is 0.713. The van der Waals surface area contributed by atoms with Crippen molar-refractivity contribution in [3.05, 3.63) is 42.7 Å². The Balaban J connectivity index is 2.18. The number of phenols is 3. The van der Waals surface area contributed by atoms with E-state index in [0.717, 1.165) is 5.39 Å². The maximum atomic E-state index is 10.4. The van der Waals surface area contributed by atoms with Crippen LogP contribution in [0.25, 0.3) is 27.1 Å². The van der Waals surface area contributed by atoms with Crippen LogP contribution in [-0.4, -0.2) is 29.5 Å². The van der Waals surface area contributed by atoms with E-state index >= 15 is 0 Å². The molecule has 0 saturated carbocycles. The average molecular weight is 338 g/mol. The quantitative estimate of drug-likeness (QED) is 0.297. The van der Waals surface area contributed by atoms with Crippen molar-refractivity contribution in [3.63, 3.8) is 0 Å². The fraction of sp³-hybridized carbons (Fsp3) is 0.105. The zero-order valence-corrected chi connectivity index (χ0v) is 13.6. The number of rotatable bonds is 2. The van der Waals surface area contributed by atoms with E-state index in [2.05, 4.69) is 0 Å². The van der Waals surface area contributed by atoms with Crippen molar-refractivity contribution in [1.29, 1.82) is 0 Å². The van der Waals surface area contributed by atoms with Crippen molar-refractivity contribution in [2.75, 3.05) is 14.2 Å². The summed E-state index contributed by atoms with van der Waals surface area (Å²) < 4.78 is 12.2. The van der Waals surface area contributed by atoms with Crippen molar-refractivity contribution in [2.24, 2.45) is 0 Å². The molecule has 25 heavy (non-hydrogen) atoms. The van der Waals surface area contributed by atoms with E-state index in [-0.39, 0.29) is 17.2 Å². The zero-order valence-electron chi connectivity index (χ0n) is 13.6. The molecule has 0 aliphatic heterocycles. The van der Waals surface area contributed by atoms with Crippen LogP contribution in [0.2, 0.25) is 0 Å². The highest BCUT2D eigenvalue weighted by molar-refractivity contribution is 6.05. The van der Waals surface area contributed by atoms with E-state index in [1.807, 2.05) is 12.1 Å². The number of aromatic hydroxyl groups is 3. The molecule has 0 fully saturated rings. The van der Waals surface area contributed by atoms with Crippen LogP contribution in [0.3, 0.4) is 0 Å². The maximum absolute atomic E-state index is 10.4. The van der Waals surface area contributed by atoms with Crippen LogP contribution in [-0.2, 0) is 0 Å². The van der Waals surface area contributed by atoms with Gasteiger partial charge in [0.1, 0.15) is 5.75 Å². The molecule has 6 nitrogen and oxygen atoms in total. The molecule has 3 N–H and O–H groups in total. The minimum Gasteiger partial charge on any atom is -0.507 e. The summed E-state index contributed by atoms with van der Waals surface area (Å²) in [5, 5.41) is 33.3. The van der Waals surface area contributed by atoms with Crippen molar-refractivity contribution in [3.8, 4) is 28.7 Å². The molecule has 126 valence electrons. The molecule has 4 rings (SSSR count). The summed E-state index contributed by atoms with van der Waals surface area (Å²) in [6.07, 6.45) is 3.54. The lowest BCUT2D eigenvalue weighted by atomic mass is 10.0. The Bertz CT molecular complexity index is 1150. The van der Waals surface area contributed by atoms with Crippen molar-refractivity contribution in [2.45, 2.75) is 0 Å². The highest BCUT2D eigenvalue weighted by Gasteiger charge is 2.20. The molecule has 4 aromatic rings. The normalized spacial score (nSPS) is 11.3. The van der Waals surface area contributed by atoms with Gasteiger partial charge in [-0.2, -0.15) is 4.40 Å². The standard InChI is InChI=1S/C19H15NO5/c1-24-16-4-3-10-7-13-17-11(19(25-2)15(22)8-14(17)21)5-6-20(13)9-12(10)18(16)23/h3-9H,1-2H3,(H2,21,22,23)/p+1. The van der Waals surface area contributed by atoms with E-state index in [1.54, 1.807) is 28.9 Å². The smallest absolute Gasteiger partial charge is 0.223 e. The second-order valence-corrected chi connectivity index (χ2v) is 5.74. The molecule has 0 unspecified atom stereocenters. The van der Waals surface area contributed by atoms with E-state index in [0.29, 0.717) is 33.2 Å². The number of ether oxygens (including phenoxy) is 2. The summed E-state index contributed by atoms with van der Waals surface area (Å²) in [4.78, 5) is 0. The minimum absolute atomic E-state index is 0.0523. The largest absolute Gasteiger partial charge is 0.507 e.